The molecule has 0 aromatic heterocycles. The highest BCUT2D eigenvalue weighted by molar-refractivity contribution is 7.45. The van der Waals surface area contributed by atoms with Crippen LogP contribution in [0, 0.1) is 0 Å². The first-order chi connectivity index (χ1) is 31.6. The zero-order valence-corrected chi connectivity index (χ0v) is 43.8. The summed E-state index contributed by atoms with van der Waals surface area (Å²) in [6.07, 6.45) is 63.6. The summed E-state index contributed by atoms with van der Waals surface area (Å²) < 4.78 is 34.8. The van der Waals surface area contributed by atoms with Crippen LogP contribution in [0.4, 0.5) is 0 Å². The molecule has 0 N–H and O–H groups in total. The van der Waals surface area contributed by atoms with E-state index in [2.05, 4.69) is 86.8 Å². The lowest BCUT2D eigenvalue weighted by molar-refractivity contribution is -0.870. The summed E-state index contributed by atoms with van der Waals surface area (Å²) in [5, 5.41) is 0. The largest absolute Gasteiger partial charge is 0.756 e. The summed E-state index contributed by atoms with van der Waals surface area (Å²) in [4.78, 5) is 25.2. The van der Waals surface area contributed by atoms with Gasteiger partial charge in [-0.1, -0.05) is 202 Å². The minimum atomic E-state index is -4.54. The fraction of sp³-hybridized carbons (Fsp3) is 0.768. The summed E-state index contributed by atoms with van der Waals surface area (Å²) >= 11 is 0. The Labute approximate surface area is 402 Å². The number of esters is 1. The van der Waals surface area contributed by atoms with E-state index < -0.39 is 13.9 Å². The smallest absolute Gasteiger partial charge is 0.306 e. The summed E-state index contributed by atoms with van der Waals surface area (Å²) in [6.45, 7) is 5.28. The highest BCUT2D eigenvalue weighted by Gasteiger charge is 2.20. The van der Waals surface area contributed by atoms with Crippen molar-refractivity contribution in [3.8, 4) is 0 Å². The third kappa shape index (κ3) is 52.8. The van der Waals surface area contributed by atoms with Gasteiger partial charge in [-0.25, -0.2) is 0 Å². The lowest BCUT2D eigenvalue weighted by Gasteiger charge is -2.28. The van der Waals surface area contributed by atoms with E-state index in [1.807, 2.05) is 21.1 Å². The fourth-order valence-electron chi connectivity index (χ4n) is 7.16. The van der Waals surface area contributed by atoms with Gasteiger partial charge in [-0.2, -0.15) is 0 Å². The molecule has 0 aromatic carbocycles. The number of hydrogen-bond acceptors (Lipinski definition) is 7. The van der Waals surface area contributed by atoms with Crippen LogP contribution < -0.4 is 4.89 Å². The molecule has 9 heteroatoms. The number of ether oxygens (including phenoxy) is 2. The molecule has 8 nitrogen and oxygen atoms in total. The van der Waals surface area contributed by atoms with Gasteiger partial charge in [0.1, 0.15) is 19.3 Å². The number of unbranched alkanes of at least 4 members (excludes halogenated alkanes) is 23. The molecule has 0 fully saturated rings. The number of allylic oxidation sites excluding steroid dienone is 12. The van der Waals surface area contributed by atoms with E-state index in [1.54, 1.807) is 0 Å². The molecule has 0 rings (SSSR count). The number of rotatable bonds is 49. The number of carbonyl (C=O) groups excluding carboxylic acids is 1. The van der Waals surface area contributed by atoms with Gasteiger partial charge in [0.05, 0.1) is 34.4 Å². The average molecular weight is 932 g/mol. The SMILES string of the molecule is CC/C=C\C/C=C\C/C=C\C/C=C\CCCCCCCCC(=O)OC(COCCCCCCCCCCCCCC/C=C\C/C=C\CCCCCCC)COP(=O)([O-])OCC[N+](C)(C)C. The van der Waals surface area contributed by atoms with Gasteiger partial charge in [0.2, 0.25) is 0 Å². The molecule has 2 atom stereocenters. The van der Waals surface area contributed by atoms with E-state index in [9.17, 15) is 14.3 Å². The second kappa shape index (κ2) is 48.4. The Kier molecular flexibility index (Phi) is 46.9. The van der Waals surface area contributed by atoms with Crippen LogP contribution in [0.2, 0.25) is 0 Å². The van der Waals surface area contributed by atoms with Gasteiger partial charge < -0.3 is 27.9 Å². The number of phosphoric ester groups is 1. The van der Waals surface area contributed by atoms with Crippen molar-refractivity contribution in [1.82, 2.24) is 0 Å². The Morgan fingerprint density at radius 3 is 1.34 bits per heavy atom. The van der Waals surface area contributed by atoms with E-state index in [0.29, 0.717) is 24.1 Å². The van der Waals surface area contributed by atoms with Gasteiger partial charge in [0.15, 0.2) is 0 Å². The Hall–Kier alpha value is -2.06. The van der Waals surface area contributed by atoms with Crippen LogP contribution in [0.25, 0.3) is 0 Å². The number of nitrogens with zero attached hydrogens (tertiary/aromatic N) is 1. The van der Waals surface area contributed by atoms with Crippen molar-refractivity contribution in [2.45, 2.75) is 225 Å². The fourth-order valence-corrected chi connectivity index (χ4v) is 7.89. The number of quaternary nitrogens is 1. The van der Waals surface area contributed by atoms with Gasteiger partial charge in [0, 0.05) is 13.0 Å². The second-order valence-corrected chi connectivity index (χ2v) is 20.3. The molecule has 0 saturated heterocycles. The molecule has 0 aromatic rings. The molecular weight excluding hydrogens is 830 g/mol. The molecule has 0 amide bonds. The highest BCUT2D eigenvalue weighted by atomic mass is 31.2. The Morgan fingerprint density at radius 1 is 0.492 bits per heavy atom. The zero-order valence-electron chi connectivity index (χ0n) is 42.9. The standard InChI is InChI=1S/C56H102NO7P/c1-6-8-10-12-14-16-18-20-22-24-26-27-28-29-30-32-34-36-38-40-42-44-46-48-51-61-53-55(54-63-65(59,60)62-52-50-57(3,4)5)64-56(58)49-47-45-43-41-39-37-35-33-31-25-23-21-19-17-15-13-11-9-7-2/h9,11,15,17-18,20-21,23-24,26,31,33,55H,6-8,10,12-14,16,19,22,25,27-30,32,34-54H2,1-5H3/b11-9-,17-15-,20-18-,23-21-,26-24-,33-31-. The predicted molar refractivity (Wildman–Crippen MR) is 277 cm³/mol. The number of carbonyl (C=O) groups is 1. The van der Waals surface area contributed by atoms with E-state index in [1.165, 1.54) is 122 Å². The maximum Gasteiger partial charge on any atom is 0.306 e. The van der Waals surface area contributed by atoms with Crippen LogP contribution in [0.5, 0.6) is 0 Å². The summed E-state index contributed by atoms with van der Waals surface area (Å²) in [5.74, 6) is -0.349. The van der Waals surface area contributed by atoms with Crippen molar-refractivity contribution in [1.29, 1.82) is 0 Å². The van der Waals surface area contributed by atoms with Crippen molar-refractivity contribution in [2.75, 3.05) is 54.1 Å². The monoisotopic (exact) mass is 932 g/mol. The molecule has 0 saturated carbocycles. The maximum absolute atomic E-state index is 12.8. The normalized spacial score (nSPS) is 14.1. The molecule has 0 spiro atoms. The molecule has 0 radical (unpaired) electrons. The summed E-state index contributed by atoms with van der Waals surface area (Å²) in [7, 11) is 1.34. The minimum Gasteiger partial charge on any atom is -0.756 e. The quantitative estimate of drug-likeness (QED) is 0.0197. The maximum atomic E-state index is 12.8. The van der Waals surface area contributed by atoms with Gasteiger partial charge in [-0.3, -0.25) is 9.36 Å². The molecule has 65 heavy (non-hydrogen) atoms. The van der Waals surface area contributed by atoms with Crippen LogP contribution in [-0.2, 0) is 27.9 Å². The minimum absolute atomic E-state index is 0.0198. The number of hydrogen-bond donors (Lipinski definition) is 0. The summed E-state index contributed by atoms with van der Waals surface area (Å²) in [5.41, 5.74) is 0. The Bertz CT molecular complexity index is 1270. The highest BCUT2D eigenvalue weighted by Crippen LogP contribution is 2.38. The van der Waals surface area contributed by atoms with Crippen LogP contribution in [-0.4, -0.2) is 70.7 Å². The molecule has 0 aliphatic carbocycles. The Morgan fingerprint density at radius 2 is 0.892 bits per heavy atom. The van der Waals surface area contributed by atoms with Gasteiger partial charge in [-0.15, -0.1) is 0 Å². The third-order valence-electron chi connectivity index (χ3n) is 11.2. The summed E-state index contributed by atoms with van der Waals surface area (Å²) in [6, 6.07) is 0. The first-order valence-corrected chi connectivity index (χ1v) is 28.1. The van der Waals surface area contributed by atoms with Crippen molar-refractivity contribution in [3.05, 3.63) is 72.9 Å². The number of likely N-dealkylation sites (N-methyl/N-ethyl adjacent to an activating group) is 1. The molecular formula is C56H102NO7P. The van der Waals surface area contributed by atoms with Crippen molar-refractivity contribution in [2.24, 2.45) is 0 Å². The average Bonchev–Trinajstić information content (AvgIpc) is 3.27. The Balaban J connectivity index is 4.14. The van der Waals surface area contributed by atoms with Crippen LogP contribution in [0.15, 0.2) is 72.9 Å². The molecule has 378 valence electrons. The van der Waals surface area contributed by atoms with Crippen LogP contribution in [0.3, 0.4) is 0 Å². The topological polar surface area (TPSA) is 94.1 Å². The van der Waals surface area contributed by atoms with E-state index in [-0.39, 0.29) is 25.8 Å². The molecule has 0 heterocycles. The van der Waals surface area contributed by atoms with Crippen molar-refractivity contribution < 1.29 is 37.3 Å². The van der Waals surface area contributed by atoms with Crippen LogP contribution >= 0.6 is 7.82 Å². The van der Waals surface area contributed by atoms with Gasteiger partial charge in [-0.05, 0) is 83.5 Å². The number of phosphoric acid groups is 1. The lowest BCUT2D eigenvalue weighted by Crippen LogP contribution is -2.37. The van der Waals surface area contributed by atoms with E-state index >= 15 is 0 Å². The molecule has 0 aliphatic rings. The van der Waals surface area contributed by atoms with Gasteiger partial charge >= 0.3 is 5.97 Å². The van der Waals surface area contributed by atoms with E-state index in [0.717, 1.165) is 77.0 Å². The van der Waals surface area contributed by atoms with Crippen LogP contribution in [0.1, 0.15) is 219 Å². The second-order valence-electron chi connectivity index (χ2n) is 18.9. The van der Waals surface area contributed by atoms with Crippen molar-refractivity contribution >= 4 is 13.8 Å². The zero-order chi connectivity index (χ0) is 47.6. The first-order valence-electron chi connectivity index (χ1n) is 26.7. The van der Waals surface area contributed by atoms with Gasteiger partial charge in [0.25, 0.3) is 7.82 Å². The molecule has 0 aliphatic heterocycles. The first kappa shape index (κ1) is 62.9. The molecule has 2 unspecified atom stereocenters. The predicted octanol–water partition coefficient (Wildman–Crippen LogP) is 16.0. The van der Waals surface area contributed by atoms with E-state index in [4.69, 9.17) is 18.5 Å². The third-order valence-corrected chi connectivity index (χ3v) is 12.2. The lowest BCUT2D eigenvalue weighted by atomic mass is 10.0. The molecule has 0 bridgehead atoms. The van der Waals surface area contributed by atoms with Crippen molar-refractivity contribution in [3.63, 3.8) is 0 Å².